The van der Waals surface area contributed by atoms with E-state index in [-0.39, 0.29) is 4.90 Å². The molecule has 0 heterocycles. The van der Waals surface area contributed by atoms with Crippen molar-refractivity contribution in [3.05, 3.63) is 24.3 Å². The molecule has 0 bridgehead atoms. The van der Waals surface area contributed by atoms with Gasteiger partial charge in [-0.15, -0.1) is 3.89 Å². The summed E-state index contributed by atoms with van der Waals surface area (Å²) in [6.45, 7) is 0.328. The van der Waals surface area contributed by atoms with Crippen molar-refractivity contribution < 1.29 is 20.7 Å². The summed E-state index contributed by atoms with van der Waals surface area (Å²) in [5.74, 6) is 0.307. The average molecular weight is 335 g/mol. The zero-order valence-corrected chi connectivity index (χ0v) is 13.1. The van der Waals surface area contributed by atoms with Crippen molar-refractivity contribution in [2.75, 3.05) is 6.54 Å². The second-order valence-corrected chi connectivity index (χ2v) is 8.38. The van der Waals surface area contributed by atoms with Crippen LogP contribution in [0.25, 0.3) is 0 Å². The van der Waals surface area contributed by atoms with E-state index in [1.165, 1.54) is 18.6 Å². The number of benzene rings is 1. The Morgan fingerprint density at radius 2 is 1.67 bits per heavy atom. The smallest absolute Gasteiger partial charge is 0.211 e. The predicted molar refractivity (Wildman–Crippen MR) is 76.5 cm³/mol. The maximum Gasteiger partial charge on any atom is 0.332 e. The van der Waals surface area contributed by atoms with E-state index in [0.717, 1.165) is 37.8 Å². The van der Waals surface area contributed by atoms with Crippen LogP contribution in [0.3, 0.4) is 0 Å². The van der Waals surface area contributed by atoms with Gasteiger partial charge in [-0.05, 0) is 37.0 Å². The van der Waals surface area contributed by atoms with Crippen LogP contribution in [0, 0.1) is 5.92 Å². The fourth-order valence-electron chi connectivity index (χ4n) is 2.50. The number of rotatable bonds is 5. The molecule has 1 fully saturated rings. The summed E-state index contributed by atoms with van der Waals surface area (Å²) in [5.41, 5.74) is 0. The average Bonchev–Trinajstić information content (AvgIpc) is 2.46. The van der Waals surface area contributed by atoms with Crippen LogP contribution < -0.4 is 4.72 Å². The molecular weight excluding hydrogens is 317 g/mol. The molecule has 0 unspecified atom stereocenters. The Morgan fingerprint density at radius 1 is 1.05 bits per heavy atom. The molecule has 2 rings (SSSR count). The molecule has 118 valence electrons. The zero-order chi connectivity index (χ0) is 15.5. The molecule has 0 atom stereocenters. The summed E-state index contributed by atoms with van der Waals surface area (Å²) in [6, 6.07) is 4.31. The predicted octanol–water partition coefficient (Wildman–Crippen LogP) is 2.20. The van der Waals surface area contributed by atoms with Gasteiger partial charge in [-0.3, -0.25) is 0 Å². The van der Waals surface area contributed by atoms with Gasteiger partial charge in [0, 0.05) is 6.54 Å². The van der Waals surface area contributed by atoms with Crippen molar-refractivity contribution in [2.24, 2.45) is 5.92 Å². The highest BCUT2D eigenvalue weighted by atomic mass is 32.3. The normalized spacial score (nSPS) is 17.8. The van der Waals surface area contributed by atoms with Crippen molar-refractivity contribution in [3.8, 4) is 0 Å². The SMILES string of the molecule is O=S(=O)(F)c1cccc(S(=O)(=O)NCC2CCCCC2)c1. The van der Waals surface area contributed by atoms with E-state index in [1.807, 2.05) is 0 Å². The lowest BCUT2D eigenvalue weighted by molar-refractivity contribution is 0.357. The van der Waals surface area contributed by atoms with Gasteiger partial charge in [0.05, 0.1) is 9.79 Å². The zero-order valence-electron chi connectivity index (χ0n) is 11.5. The maximum atomic E-state index is 12.9. The fraction of sp³-hybridized carbons (Fsp3) is 0.538. The van der Waals surface area contributed by atoms with E-state index in [0.29, 0.717) is 12.5 Å². The first-order valence-electron chi connectivity index (χ1n) is 6.83. The number of sulfonamides is 1. The van der Waals surface area contributed by atoms with Crippen molar-refractivity contribution in [1.82, 2.24) is 4.72 Å². The van der Waals surface area contributed by atoms with Gasteiger partial charge >= 0.3 is 10.2 Å². The summed E-state index contributed by atoms with van der Waals surface area (Å²) in [4.78, 5) is -0.889. The van der Waals surface area contributed by atoms with Crippen molar-refractivity contribution >= 4 is 20.2 Å². The van der Waals surface area contributed by atoms with Gasteiger partial charge in [0.15, 0.2) is 0 Å². The highest BCUT2D eigenvalue weighted by Crippen LogP contribution is 2.23. The molecule has 0 spiro atoms. The van der Waals surface area contributed by atoms with Crippen LogP contribution in [-0.4, -0.2) is 23.4 Å². The van der Waals surface area contributed by atoms with Gasteiger partial charge in [-0.2, -0.15) is 8.42 Å². The first-order valence-corrected chi connectivity index (χ1v) is 9.70. The molecule has 0 saturated heterocycles. The topological polar surface area (TPSA) is 80.3 Å². The summed E-state index contributed by atoms with van der Waals surface area (Å²) in [5, 5.41) is 0. The van der Waals surface area contributed by atoms with E-state index in [9.17, 15) is 20.7 Å². The molecule has 1 N–H and O–H groups in total. The Bertz CT molecular complexity index is 695. The number of halogens is 1. The van der Waals surface area contributed by atoms with Crippen molar-refractivity contribution in [3.63, 3.8) is 0 Å². The molecule has 5 nitrogen and oxygen atoms in total. The molecule has 1 aromatic carbocycles. The van der Waals surface area contributed by atoms with Crippen LogP contribution in [0.1, 0.15) is 32.1 Å². The number of hydrogen-bond acceptors (Lipinski definition) is 4. The summed E-state index contributed by atoms with van der Waals surface area (Å²) in [7, 11) is -8.74. The van der Waals surface area contributed by atoms with Crippen LogP contribution in [0.15, 0.2) is 34.1 Å². The van der Waals surface area contributed by atoms with Gasteiger partial charge in [-0.1, -0.05) is 25.3 Å². The second kappa shape index (κ2) is 6.41. The highest BCUT2D eigenvalue weighted by molar-refractivity contribution is 7.89. The minimum atomic E-state index is -4.91. The highest BCUT2D eigenvalue weighted by Gasteiger charge is 2.21. The van der Waals surface area contributed by atoms with Gasteiger partial charge in [0.25, 0.3) is 0 Å². The van der Waals surface area contributed by atoms with Gasteiger partial charge in [0.1, 0.15) is 0 Å². The standard InChI is InChI=1S/C13H18FNO4S2/c14-20(16,17)12-7-4-8-13(9-12)21(18,19)15-10-11-5-2-1-3-6-11/h4,7-9,11,15H,1-3,5-6,10H2. The molecule has 0 amide bonds. The summed E-state index contributed by atoms with van der Waals surface area (Å²) < 4.78 is 61.3. The third-order valence-electron chi connectivity index (χ3n) is 3.68. The first-order chi connectivity index (χ1) is 9.79. The molecule has 8 heteroatoms. The van der Waals surface area contributed by atoms with Crippen molar-refractivity contribution in [1.29, 1.82) is 0 Å². The fourth-order valence-corrected chi connectivity index (χ4v) is 4.24. The minimum absolute atomic E-state index is 0.239. The summed E-state index contributed by atoms with van der Waals surface area (Å²) in [6.07, 6.45) is 5.35. The monoisotopic (exact) mass is 335 g/mol. The van der Waals surface area contributed by atoms with Crippen LogP contribution in [0.5, 0.6) is 0 Å². The third kappa shape index (κ3) is 4.49. The molecule has 0 radical (unpaired) electrons. The largest absolute Gasteiger partial charge is 0.332 e. The summed E-state index contributed by atoms with van der Waals surface area (Å²) >= 11 is 0. The van der Waals surface area contributed by atoms with E-state index >= 15 is 0 Å². The number of nitrogens with one attached hydrogen (secondary N) is 1. The lowest BCUT2D eigenvalue weighted by Crippen LogP contribution is -2.30. The van der Waals surface area contributed by atoms with Gasteiger partial charge < -0.3 is 0 Å². The first kappa shape index (κ1) is 16.4. The Labute approximate surface area is 124 Å². The lowest BCUT2D eigenvalue weighted by atomic mass is 9.90. The Morgan fingerprint density at radius 3 is 2.29 bits per heavy atom. The van der Waals surface area contributed by atoms with Crippen LogP contribution in [-0.2, 0) is 20.2 Å². The molecule has 1 aliphatic rings. The van der Waals surface area contributed by atoms with E-state index in [1.54, 1.807) is 0 Å². The molecule has 0 aromatic heterocycles. The van der Waals surface area contributed by atoms with E-state index in [2.05, 4.69) is 4.72 Å². The minimum Gasteiger partial charge on any atom is -0.211 e. The number of hydrogen-bond donors (Lipinski definition) is 1. The van der Waals surface area contributed by atoms with Crippen LogP contribution >= 0.6 is 0 Å². The second-order valence-electron chi connectivity index (χ2n) is 5.27. The van der Waals surface area contributed by atoms with Crippen LogP contribution in [0.2, 0.25) is 0 Å². The quantitative estimate of drug-likeness (QED) is 0.837. The van der Waals surface area contributed by atoms with E-state index in [4.69, 9.17) is 0 Å². The molecular formula is C13H18FNO4S2. The molecule has 0 aliphatic heterocycles. The molecule has 1 saturated carbocycles. The molecule has 1 aliphatic carbocycles. The van der Waals surface area contributed by atoms with Crippen molar-refractivity contribution in [2.45, 2.75) is 41.9 Å². The Hall–Kier alpha value is -0.990. The molecule has 21 heavy (non-hydrogen) atoms. The van der Waals surface area contributed by atoms with Gasteiger partial charge in [0.2, 0.25) is 10.0 Å². The maximum absolute atomic E-state index is 12.9. The third-order valence-corrected chi connectivity index (χ3v) is 5.92. The lowest BCUT2D eigenvalue weighted by Gasteiger charge is -2.21. The van der Waals surface area contributed by atoms with Crippen LogP contribution in [0.4, 0.5) is 3.89 Å². The Balaban J connectivity index is 2.12. The molecule has 1 aromatic rings. The Kier molecular flexibility index (Phi) is 5.00. The van der Waals surface area contributed by atoms with Gasteiger partial charge in [-0.25, -0.2) is 13.1 Å². The van der Waals surface area contributed by atoms with E-state index < -0.39 is 25.1 Å².